The third kappa shape index (κ3) is 1.89. The zero-order valence-corrected chi connectivity index (χ0v) is 9.87. The summed E-state index contributed by atoms with van der Waals surface area (Å²) in [6.45, 7) is 0.209. The van der Waals surface area contributed by atoms with Crippen molar-refractivity contribution in [1.82, 2.24) is 4.31 Å². The van der Waals surface area contributed by atoms with E-state index in [1.165, 1.54) is 22.5 Å². The molecule has 0 amide bonds. The summed E-state index contributed by atoms with van der Waals surface area (Å²) < 4.78 is 25.2. The van der Waals surface area contributed by atoms with E-state index in [0.717, 1.165) is 0 Å². The number of nitrogens with two attached hydrogens (primary N) is 1. The Labute approximate surface area is 98.5 Å². The van der Waals surface area contributed by atoms with Gasteiger partial charge in [0.05, 0.1) is 11.1 Å². The fourth-order valence-electron chi connectivity index (χ4n) is 1.47. The van der Waals surface area contributed by atoms with Crippen molar-refractivity contribution >= 4 is 27.3 Å². The lowest BCUT2D eigenvalue weighted by Gasteiger charge is -2.34. The lowest BCUT2D eigenvalue weighted by Crippen LogP contribution is -2.53. The van der Waals surface area contributed by atoms with E-state index in [0.29, 0.717) is 5.69 Å². The molecule has 1 fully saturated rings. The standard InChI is InChI=1S/C9H11ClN2O3S/c10-8-2-1-6(11)3-9(8)16(14,15)12-4-7(13)5-12/h1-3,7,13H,4-5,11H2. The van der Waals surface area contributed by atoms with Crippen LogP contribution in [0.4, 0.5) is 5.69 Å². The van der Waals surface area contributed by atoms with E-state index in [1.807, 2.05) is 0 Å². The highest BCUT2D eigenvalue weighted by Gasteiger charge is 2.36. The monoisotopic (exact) mass is 262 g/mol. The molecule has 1 aliphatic rings. The predicted octanol–water partition coefficient (Wildman–Crippen LogP) is 0.287. The van der Waals surface area contributed by atoms with Crippen molar-refractivity contribution in [2.24, 2.45) is 0 Å². The van der Waals surface area contributed by atoms with Gasteiger partial charge in [-0.05, 0) is 18.2 Å². The van der Waals surface area contributed by atoms with Gasteiger partial charge in [-0.15, -0.1) is 0 Å². The molecule has 1 saturated heterocycles. The second-order valence-electron chi connectivity index (χ2n) is 3.67. The van der Waals surface area contributed by atoms with Crippen LogP contribution in [0.2, 0.25) is 5.02 Å². The van der Waals surface area contributed by atoms with Gasteiger partial charge in [-0.3, -0.25) is 0 Å². The fraction of sp³-hybridized carbons (Fsp3) is 0.333. The zero-order valence-electron chi connectivity index (χ0n) is 8.30. The van der Waals surface area contributed by atoms with E-state index in [1.54, 1.807) is 0 Å². The minimum atomic E-state index is -3.63. The molecule has 1 aromatic carbocycles. The highest BCUT2D eigenvalue weighted by Crippen LogP contribution is 2.29. The van der Waals surface area contributed by atoms with Crippen LogP contribution in [0.5, 0.6) is 0 Å². The molecule has 0 bridgehead atoms. The third-order valence-corrected chi connectivity index (χ3v) is 4.72. The maximum absolute atomic E-state index is 12.0. The molecule has 1 aliphatic heterocycles. The predicted molar refractivity (Wildman–Crippen MR) is 60.6 cm³/mol. The molecule has 3 N–H and O–H groups in total. The summed E-state index contributed by atoms with van der Waals surface area (Å²) in [5, 5.41) is 9.22. The number of rotatable bonds is 2. The number of aliphatic hydroxyl groups is 1. The number of β-amino-alcohol motifs (C(OH)–C–C–N with tert-alkyl or cyclic N) is 1. The first-order valence-electron chi connectivity index (χ1n) is 4.64. The van der Waals surface area contributed by atoms with Gasteiger partial charge in [-0.2, -0.15) is 4.31 Å². The molecule has 0 unspecified atom stereocenters. The van der Waals surface area contributed by atoms with Crippen LogP contribution in [0.25, 0.3) is 0 Å². The van der Waals surface area contributed by atoms with Gasteiger partial charge in [-0.25, -0.2) is 8.42 Å². The van der Waals surface area contributed by atoms with Crippen molar-refractivity contribution in [2.45, 2.75) is 11.0 Å². The molecule has 16 heavy (non-hydrogen) atoms. The van der Waals surface area contributed by atoms with E-state index >= 15 is 0 Å². The van der Waals surface area contributed by atoms with Crippen molar-refractivity contribution in [3.8, 4) is 0 Å². The summed E-state index contributed by atoms with van der Waals surface area (Å²) >= 11 is 5.82. The Morgan fingerprint density at radius 2 is 2.06 bits per heavy atom. The Morgan fingerprint density at radius 3 is 2.62 bits per heavy atom. The number of benzene rings is 1. The third-order valence-electron chi connectivity index (χ3n) is 2.40. The van der Waals surface area contributed by atoms with Crippen LogP contribution in [0, 0.1) is 0 Å². The van der Waals surface area contributed by atoms with E-state index in [-0.39, 0.29) is 23.0 Å². The van der Waals surface area contributed by atoms with Gasteiger partial charge >= 0.3 is 0 Å². The van der Waals surface area contributed by atoms with Gasteiger partial charge in [-0.1, -0.05) is 11.6 Å². The van der Waals surface area contributed by atoms with E-state index in [2.05, 4.69) is 0 Å². The number of nitrogens with zero attached hydrogens (tertiary/aromatic N) is 1. The lowest BCUT2D eigenvalue weighted by molar-refractivity contribution is 0.0548. The van der Waals surface area contributed by atoms with E-state index < -0.39 is 16.1 Å². The summed E-state index contributed by atoms with van der Waals surface area (Å²) in [5.41, 5.74) is 5.86. The molecule has 1 aromatic rings. The van der Waals surface area contributed by atoms with E-state index in [4.69, 9.17) is 22.4 Å². The fourth-order valence-corrected chi connectivity index (χ4v) is 3.49. The zero-order chi connectivity index (χ0) is 11.9. The van der Waals surface area contributed by atoms with Gasteiger partial charge in [0.15, 0.2) is 0 Å². The molecule has 0 atom stereocenters. The van der Waals surface area contributed by atoms with Crippen molar-refractivity contribution in [3.05, 3.63) is 23.2 Å². The minimum absolute atomic E-state index is 0.0129. The van der Waals surface area contributed by atoms with Gasteiger partial charge in [0.2, 0.25) is 10.0 Å². The van der Waals surface area contributed by atoms with Gasteiger partial charge in [0.25, 0.3) is 0 Å². The van der Waals surface area contributed by atoms with Crippen molar-refractivity contribution in [2.75, 3.05) is 18.8 Å². The molecular formula is C9H11ClN2O3S. The quantitative estimate of drug-likeness (QED) is 0.751. The molecule has 1 heterocycles. The van der Waals surface area contributed by atoms with Crippen LogP contribution in [0.3, 0.4) is 0 Å². The van der Waals surface area contributed by atoms with Crippen LogP contribution >= 0.6 is 11.6 Å². The maximum Gasteiger partial charge on any atom is 0.244 e. The highest BCUT2D eigenvalue weighted by molar-refractivity contribution is 7.89. The first kappa shape index (κ1) is 11.7. The number of hydrogen-bond acceptors (Lipinski definition) is 4. The smallest absolute Gasteiger partial charge is 0.244 e. The van der Waals surface area contributed by atoms with Crippen LogP contribution in [0.15, 0.2) is 23.1 Å². The molecule has 2 rings (SSSR count). The number of sulfonamides is 1. The molecule has 0 saturated carbocycles. The lowest BCUT2D eigenvalue weighted by atomic mass is 10.2. The SMILES string of the molecule is Nc1ccc(Cl)c(S(=O)(=O)N2CC(O)C2)c1. The van der Waals surface area contributed by atoms with E-state index in [9.17, 15) is 8.42 Å². The molecule has 0 aliphatic carbocycles. The first-order chi connectivity index (χ1) is 7.41. The van der Waals surface area contributed by atoms with Gasteiger partial charge in [0, 0.05) is 18.8 Å². The molecular weight excluding hydrogens is 252 g/mol. The topological polar surface area (TPSA) is 83.6 Å². The number of aliphatic hydroxyl groups excluding tert-OH is 1. The molecule has 0 aromatic heterocycles. The van der Waals surface area contributed by atoms with Crippen LogP contribution < -0.4 is 5.73 Å². The average molecular weight is 263 g/mol. The Morgan fingerprint density at radius 1 is 1.44 bits per heavy atom. The van der Waals surface area contributed by atoms with Crippen LogP contribution in [0.1, 0.15) is 0 Å². The summed E-state index contributed by atoms with van der Waals surface area (Å²) in [4.78, 5) is -0.0129. The number of halogens is 1. The second-order valence-corrected chi connectivity index (χ2v) is 5.98. The van der Waals surface area contributed by atoms with Crippen molar-refractivity contribution in [1.29, 1.82) is 0 Å². The molecule has 88 valence electrons. The van der Waals surface area contributed by atoms with Gasteiger partial charge in [0.1, 0.15) is 4.90 Å². The van der Waals surface area contributed by atoms with Crippen molar-refractivity contribution in [3.63, 3.8) is 0 Å². The summed E-state index contributed by atoms with van der Waals surface area (Å²) in [6, 6.07) is 4.30. The summed E-state index contributed by atoms with van der Waals surface area (Å²) in [5.74, 6) is 0. The normalized spacial score (nSPS) is 18.4. The maximum atomic E-state index is 12.0. The minimum Gasteiger partial charge on any atom is -0.399 e. The van der Waals surface area contributed by atoms with Crippen molar-refractivity contribution < 1.29 is 13.5 Å². The molecule has 0 radical (unpaired) electrons. The average Bonchev–Trinajstić information content (AvgIpc) is 2.16. The Bertz CT molecular complexity index is 511. The largest absolute Gasteiger partial charge is 0.399 e. The van der Waals surface area contributed by atoms with Crippen LogP contribution in [-0.2, 0) is 10.0 Å². The summed E-state index contributed by atoms with van der Waals surface area (Å²) in [6.07, 6.45) is -0.588. The summed E-state index contributed by atoms with van der Waals surface area (Å²) in [7, 11) is -3.63. The molecule has 5 nitrogen and oxygen atoms in total. The second kappa shape index (κ2) is 3.89. The first-order valence-corrected chi connectivity index (χ1v) is 6.46. The number of nitrogen functional groups attached to an aromatic ring is 1. The highest BCUT2D eigenvalue weighted by atomic mass is 35.5. The Balaban J connectivity index is 2.40. The number of hydrogen-bond donors (Lipinski definition) is 2. The molecule has 7 heteroatoms. The van der Waals surface area contributed by atoms with Gasteiger partial charge < -0.3 is 10.8 Å². The Hall–Kier alpha value is -0.820. The number of anilines is 1. The molecule has 0 spiro atoms. The van der Waals surface area contributed by atoms with Crippen LogP contribution in [-0.4, -0.2) is 37.0 Å². The Kier molecular flexibility index (Phi) is 2.83.